The first-order chi connectivity index (χ1) is 7.54. The van der Waals surface area contributed by atoms with E-state index in [1.807, 2.05) is 12.1 Å². The van der Waals surface area contributed by atoms with Gasteiger partial charge in [0.25, 0.3) is 0 Å². The van der Waals surface area contributed by atoms with Crippen LogP contribution in [0.5, 0.6) is 5.75 Å². The van der Waals surface area contributed by atoms with Crippen LogP contribution in [-0.2, 0) is 5.41 Å². The van der Waals surface area contributed by atoms with Crippen molar-refractivity contribution in [3.8, 4) is 5.75 Å². The van der Waals surface area contributed by atoms with E-state index in [-0.39, 0.29) is 5.41 Å². The molecule has 0 spiro atoms. The summed E-state index contributed by atoms with van der Waals surface area (Å²) >= 11 is 0. The zero-order valence-corrected chi connectivity index (χ0v) is 10.6. The number of benzene rings is 1. The van der Waals surface area contributed by atoms with Crippen molar-refractivity contribution in [2.24, 2.45) is 5.73 Å². The van der Waals surface area contributed by atoms with Crippen molar-refractivity contribution in [3.63, 3.8) is 0 Å². The monoisotopic (exact) mass is 221 g/mol. The average Bonchev–Trinajstić information content (AvgIpc) is 2.24. The Morgan fingerprint density at radius 3 is 2.19 bits per heavy atom. The molecule has 0 aliphatic rings. The van der Waals surface area contributed by atoms with E-state index < -0.39 is 0 Å². The zero-order valence-electron chi connectivity index (χ0n) is 10.6. The van der Waals surface area contributed by atoms with Crippen molar-refractivity contribution in [3.05, 3.63) is 29.8 Å². The molecular weight excluding hydrogens is 198 g/mol. The Morgan fingerprint density at radius 2 is 1.69 bits per heavy atom. The van der Waals surface area contributed by atoms with Crippen molar-refractivity contribution in [1.29, 1.82) is 0 Å². The summed E-state index contributed by atoms with van der Waals surface area (Å²) in [7, 11) is 0. The molecule has 1 rings (SSSR count). The second kappa shape index (κ2) is 5.90. The largest absolute Gasteiger partial charge is 0.494 e. The van der Waals surface area contributed by atoms with Crippen LogP contribution >= 0.6 is 0 Å². The van der Waals surface area contributed by atoms with Gasteiger partial charge in [-0.1, -0.05) is 32.9 Å². The molecular formula is C14H23NO. The number of rotatable bonds is 5. The van der Waals surface area contributed by atoms with Crippen LogP contribution in [0.2, 0.25) is 0 Å². The zero-order chi connectivity index (χ0) is 12.0. The van der Waals surface area contributed by atoms with Gasteiger partial charge in [-0.15, -0.1) is 0 Å². The van der Waals surface area contributed by atoms with Gasteiger partial charge in [0.1, 0.15) is 5.75 Å². The van der Waals surface area contributed by atoms with Crippen LogP contribution in [0, 0.1) is 0 Å². The van der Waals surface area contributed by atoms with Crippen LogP contribution in [0.15, 0.2) is 24.3 Å². The summed E-state index contributed by atoms with van der Waals surface area (Å²) in [5.41, 5.74) is 6.96. The molecule has 0 heterocycles. The molecule has 2 nitrogen and oxygen atoms in total. The maximum atomic E-state index is 5.62. The van der Waals surface area contributed by atoms with Gasteiger partial charge in [0.15, 0.2) is 0 Å². The van der Waals surface area contributed by atoms with E-state index in [4.69, 9.17) is 10.5 Å². The van der Waals surface area contributed by atoms with Crippen LogP contribution in [0.1, 0.15) is 39.2 Å². The molecule has 1 aromatic rings. The van der Waals surface area contributed by atoms with Gasteiger partial charge in [-0.05, 0) is 42.5 Å². The lowest BCUT2D eigenvalue weighted by Gasteiger charge is -2.19. The Labute approximate surface area is 98.8 Å². The molecule has 0 aromatic heterocycles. The number of ether oxygens (including phenoxy) is 1. The third-order valence-electron chi connectivity index (χ3n) is 2.59. The fourth-order valence-corrected chi connectivity index (χ4v) is 1.49. The van der Waals surface area contributed by atoms with E-state index in [9.17, 15) is 0 Å². The number of nitrogens with two attached hydrogens (primary N) is 1. The van der Waals surface area contributed by atoms with Crippen LogP contribution in [-0.4, -0.2) is 13.2 Å². The van der Waals surface area contributed by atoms with Gasteiger partial charge in [0, 0.05) is 0 Å². The Kier molecular flexibility index (Phi) is 4.81. The Hall–Kier alpha value is -1.02. The van der Waals surface area contributed by atoms with E-state index in [2.05, 4.69) is 32.9 Å². The molecule has 0 unspecified atom stereocenters. The molecule has 90 valence electrons. The molecule has 0 bridgehead atoms. The van der Waals surface area contributed by atoms with Crippen molar-refractivity contribution in [2.75, 3.05) is 13.2 Å². The van der Waals surface area contributed by atoms with Crippen LogP contribution < -0.4 is 10.5 Å². The second-order valence-electron chi connectivity index (χ2n) is 5.12. The molecule has 0 saturated carbocycles. The van der Waals surface area contributed by atoms with Gasteiger partial charge in [0.05, 0.1) is 6.61 Å². The summed E-state index contributed by atoms with van der Waals surface area (Å²) in [5, 5.41) is 0. The minimum atomic E-state index is 0.206. The first-order valence-electron chi connectivity index (χ1n) is 5.97. The van der Waals surface area contributed by atoms with Crippen LogP contribution in [0.4, 0.5) is 0 Å². The van der Waals surface area contributed by atoms with Gasteiger partial charge in [-0.2, -0.15) is 0 Å². The molecule has 0 aliphatic carbocycles. The van der Waals surface area contributed by atoms with Crippen LogP contribution in [0.3, 0.4) is 0 Å². The molecule has 0 aliphatic heterocycles. The normalized spacial score (nSPS) is 11.5. The number of unbranched alkanes of at least 4 members (excludes halogenated alkanes) is 1. The highest BCUT2D eigenvalue weighted by Crippen LogP contribution is 2.24. The van der Waals surface area contributed by atoms with Gasteiger partial charge in [-0.3, -0.25) is 0 Å². The maximum Gasteiger partial charge on any atom is 0.119 e. The Morgan fingerprint density at radius 1 is 1.06 bits per heavy atom. The van der Waals surface area contributed by atoms with E-state index in [0.717, 1.165) is 31.7 Å². The minimum Gasteiger partial charge on any atom is -0.494 e. The van der Waals surface area contributed by atoms with Gasteiger partial charge >= 0.3 is 0 Å². The highest BCUT2D eigenvalue weighted by atomic mass is 16.5. The highest BCUT2D eigenvalue weighted by Gasteiger charge is 2.12. The smallest absolute Gasteiger partial charge is 0.119 e. The maximum absolute atomic E-state index is 5.62. The average molecular weight is 221 g/mol. The second-order valence-corrected chi connectivity index (χ2v) is 5.12. The van der Waals surface area contributed by atoms with Crippen molar-refractivity contribution in [2.45, 2.75) is 39.0 Å². The highest BCUT2D eigenvalue weighted by molar-refractivity contribution is 5.31. The van der Waals surface area contributed by atoms with Gasteiger partial charge in [0.2, 0.25) is 0 Å². The minimum absolute atomic E-state index is 0.206. The summed E-state index contributed by atoms with van der Waals surface area (Å²) in [6, 6.07) is 8.36. The van der Waals surface area contributed by atoms with Crippen LogP contribution in [0.25, 0.3) is 0 Å². The molecule has 2 heteroatoms. The molecule has 1 aromatic carbocycles. The summed E-state index contributed by atoms with van der Waals surface area (Å²) < 4.78 is 5.62. The van der Waals surface area contributed by atoms with E-state index >= 15 is 0 Å². The predicted molar refractivity (Wildman–Crippen MR) is 68.9 cm³/mol. The lowest BCUT2D eigenvalue weighted by Crippen LogP contribution is -2.10. The predicted octanol–water partition coefficient (Wildman–Crippen LogP) is 3.10. The third kappa shape index (κ3) is 4.23. The Bertz CT molecular complexity index is 298. The summed E-state index contributed by atoms with van der Waals surface area (Å²) in [5.74, 6) is 0.949. The quantitative estimate of drug-likeness (QED) is 0.775. The van der Waals surface area contributed by atoms with Gasteiger partial charge in [-0.25, -0.2) is 0 Å². The van der Waals surface area contributed by atoms with Crippen molar-refractivity contribution in [1.82, 2.24) is 0 Å². The fraction of sp³-hybridized carbons (Fsp3) is 0.571. The number of hydrogen-bond donors (Lipinski definition) is 1. The molecule has 0 atom stereocenters. The fourth-order valence-electron chi connectivity index (χ4n) is 1.49. The van der Waals surface area contributed by atoms with E-state index in [1.165, 1.54) is 5.56 Å². The first kappa shape index (κ1) is 13.0. The number of hydrogen-bond acceptors (Lipinski definition) is 2. The molecule has 0 radical (unpaired) electrons. The molecule has 16 heavy (non-hydrogen) atoms. The summed E-state index contributed by atoms with van der Waals surface area (Å²) in [4.78, 5) is 0. The van der Waals surface area contributed by atoms with E-state index in [1.54, 1.807) is 0 Å². The summed E-state index contributed by atoms with van der Waals surface area (Å²) in [6.45, 7) is 8.14. The van der Waals surface area contributed by atoms with Gasteiger partial charge < -0.3 is 10.5 Å². The molecule has 0 saturated heterocycles. The summed E-state index contributed by atoms with van der Waals surface area (Å²) in [6.07, 6.45) is 2.05. The molecule has 0 amide bonds. The van der Waals surface area contributed by atoms with Crippen molar-refractivity contribution < 1.29 is 4.74 Å². The lowest BCUT2D eigenvalue weighted by atomic mass is 9.87. The molecule has 2 N–H and O–H groups in total. The lowest BCUT2D eigenvalue weighted by molar-refractivity contribution is 0.307. The van der Waals surface area contributed by atoms with Crippen molar-refractivity contribution >= 4 is 0 Å². The topological polar surface area (TPSA) is 35.2 Å². The SMILES string of the molecule is CC(C)(C)c1ccc(OCCCCN)cc1. The first-order valence-corrected chi connectivity index (χ1v) is 5.97. The molecule has 0 fully saturated rings. The van der Waals surface area contributed by atoms with E-state index in [0.29, 0.717) is 0 Å². The standard InChI is InChI=1S/C14H23NO/c1-14(2,3)12-6-8-13(9-7-12)16-11-5-4-10-15/h6-9H,4-5,10-11,15H2,1-3H3. The Balaban J connectivity index is 2.46. The third-order valence-corrected chi connectivity index (χ3v) is 2.59.